The highest BCUT2D eigenvalue weighted by molar-refractivity contribution is 7.13. The molecule has 0 aliphatic carbocycles. The zero-order valence-corrected chi connectivity index (χ0v) is 16.1. The number of thiazole rings is 1. The molecule has 28 heavy (non-hydrogen) atoms. The predicted molar refractivity (Wildman–Crippen MR) is 102 cm³/mol. The van der Waals surface area contributed by atoms with Gasteiger partial charge < -0.3 is 4.74 Å². The molecule has 2 aromatic carbocycles. The fourth-order valence-electron chi connectivity index (χ4n) is 2.56. The number of ether oxygens (including phenoxy) is 1. The summed E-state index contributed by atoms with van der Waals surface area (Å²) in [7, 11) is 0. The summed E-state index contributed by atoms with van der Waals surface area (Å²) in [5.74, 6) is -0.377. The first kappa shape index (κ1) is 20.1. The van der Waals surface area contributed by atoms with Crippen molar-refractivity contribution in [3.63, 3.8) is 0 Å². The summed E-state index contributed by atoms with van der Waals surface area (Å²) in [5, 5.41) is 2.56. The minimum Gasteiger partial charge on any atom is -0.456 e. The summed E-state index contributed by atoms with van der Waals surface area (Å²) in [6.07, 6.45) is -4.51. The molecule has 0 radical (unpaired) electrons. The topological polar surface area (TPSA) is 39.2 Å². The summed E-state index contributed by atoms with van der Waals surface area (Å²) in [6, 6.07) is 12.3. The number of esters is 1. The lowest BCUT2D eigenvalue weighted by Crippen LogP contribution is -2.09. The highest BCUT2D eigenvalue weighted by atomic mass is 32.1. The maximum absolute atomic E-state index is 12.8. The molecule has 0 saturated heterocycles. The lowest BCUT2D eigenvalue weighted by Gasteiger charge is -2.08. The van der Waals surface area contributed by atoms with Crippen LogP contribution < -0.4 is 0 Å². The van der Waals surface area contributed by atoms with Crippen LogP contribution in [0.15, 0.2) is 53.9 Å². The molecule has 0 fully saturated rings. The molecule has 0 aliphatic heterocycles. The summed E-state index contributed by atoms with van der Waals surface area (Å²) < 4.78 is 43.4. The molecule has 1 heterocycles. The second kappa shape index (κ2) is 8.14. The van der Waals surface area contributed by atoms with Gasteiger partial charge in [-0.3, -0.25) is 0 Å². The van der Waals surface area contributed by atoms with Crippen molar-refractivity contribution < 1.29 is 22.7 Å². The Balaban J connectivity index is 1.65. The summed E-state index contributed by atoms with van der Waals surface area (Å²) in [4.78, 5) is 16.5. The summed E-state index contributed by atoms with van der Waals surface area (Å²) in [6.45, 7) is 4.14. The Labute approximate surface area is 164 Å². The van der Waals surface area contributed by atoms with Crippen LogP contribution in [0.25, 0.3) is 10.6 Å². The molecule has 0 aliphatic rings. The van der Waals surface area contributed by atoms with Crippen molar-refractivity contribution in [1.29, 1.82) is 0 Å². The first-order chi connectivity index (χ1) is 13.2. The second-order valence-corrected chi connectivity index (χ2v) is 7.43. The Kier molecular flexibility index (Phi) is 5.84. The number of benzene rings is 2. The first-order valence-electron chi connectivity index (χ1n) is 8.63. The number of alkyl halides is 3. The third kappa shape index (κ3) is 4.78. The molecule has 0 N–H and O–H groups in total. The molecule has 0 spiro atoms. The van der Waals surface area contributed by atoms with Crippen LogP contribution >= 0.6 is 11.3 Å². The Bertz CT molecular complexity index is 962. The van der Waals surface area contributed by atoms with Gasteiger partial charge in [-0.1, -0.05) is 44.2 Å². The van der Waals surface area contributed by atoms with E-state index >= 15 is 0 Å². The Morgan fingerprint density at radius 1 is 1.14 bits per heavy atom. The molecule has 0 atom stereocenters. The van der Waals surface area contributed by atoms with Gasteiger partial charge in [0.25, 0.3) is 0 Å². The van der Waals surface area contributed by atoms with Crippen LogP contribution in [0.5, 0.6) is 0 Å². The number of hydrogen-bond acceptors (Lipinski definition) is 4. The lowest BCUT2D eigenvalue weighted by molar-refractivity contribution is -0.137. The van der Waals surface area contributed by atoms with Crippen LogP contribution in [-0.2, 0) is 17.5 Å². The average Bonchev–Trinajstić information content (AvgIpc) is 3.14. The minimum absolute atomic E-state index is 0.102. The van der Waals surface area contributed by atoms with E-state index in [2.05, 4.69) is 31.0 Å². The summed E-state index contributed by atoms with van der Waals surface area (Å²) >= 11 is 1.42. The van der Waals surface area contributed by atoms with Crippen molar-refractivity contribution in [1.82, 2.24) is 4.98 Å². The van der Waals surface area contributed by atoms with Gasteiger partial charge in [0, 0.05) is 10.9 Å². The molecule has 0 bridgehead atoms. The predicted octanol–water partition coefficient (Wildman–Crippen LogP) is 6.31. The van der Waals surface area contributed by atoms with E-state index in [4.69, 9.17) is 4.74 Å². The molecule has 146 valence electrons. The Morgan fingerprint density at radius 2 is 1.86 bits per heavy atom. The fourth-order valence-corrected chi connectivity index (χ4v) is 3.37. The van der Waals surface area contributed by atoms with Gasteiger partial charge in [-0.25, -0.2) is 9.78 Å². The van der Waals surface area contributed by atoms with Crippen LogP contribution in [0.1, 0.15) is 46.9 Å². The second-order valence-electron chi connectivity index (χ2n) is 6.58. The van der Waals surface area contributed by atoms with Crippen LogP contribution in [0.4, 0.5) is 13.2 Å². The number of carbonyl (C=O) groups excluding carboxylic acids is 1. The van der Waals surface area contributed by atoms with E-state index in [0.717, 1.165) is 22.7 Å². The van der Waals surface area contributed by atoms with E-state index < -0.39 is 17.7 Å². The number of hydrogen-bond donors (Lipinski definition) is 0. The standard InChI is InChI=1S/C21H18F3NO2S/c1-13(2)14-6-8-15(9-7-14)19-25-18(12-28-19)11-27-20(26)16-4-3-5-17(10-16)21(22,23)24/h3-10,12-13H,11H2,1-2H3. The Hall–Kier alpha value is -2.67. The van der Waals surface area contributed by atoms with E-state index in [-0.39, 0.29) is 12.2 Å². The van der Waals surface area contributed by atoms with Crippen LogP contribution in [-0.4, -0.2) is 11.0 Å². The monoisotopic (exact) mass is 405 g/mol. The van der Waals surface area contributed by atoms with Crippen molar-refractivity contribution in [2.24, 2.45) is 0 Å². The molecule has 3 aromatic rings. The fraction of sp³-hybridized carbons (Fsp3) is 0.238. The molecule has 0 saturated carbocycles. The maximum atomic E-state index is 12.8. The van der Waals surface area contributed by atoms with Crippen molar-refractivity contribution in [2.45, 2.75) is 32.5 Å². The third-order valence-corrected chi connectivity index (χ3v) is 5.09. The van der Waals surface area contributed by atoms with E-state index in [9.17, 15) is 18.0 Å². The molecular formula is C21H18F3NO2S. The average molecular weight is 405 g/mol. The molecule has 1 aromatic heterocycles. The number of nitrogens with zero attached hydrogens (tertiary/aromatic N) is 1. The maximum Gasteiger partial charge on any atom is 0.416 e. The quantitative estimate of drug-likeness (QED) is 0.467. The first-order valence-corrected chi connectivity index (χ1v) is 9.51. The number of rotatable bonds is 5. The smallest absolute Gasteiger partial charge is 0.416 e. The largest absolute Gasteiger partial charge is 0.456 e. The van der Waals surface area contributed by atoms with Crippen LogP contribution in [0.3, 0.4) is 0 Å². The van der Waals surface area contributed by atoms with Crippen molar-refractivity contribution in [2.75, 3.05) is 0 Å². The lowest BCUT2D eigenvalue weighted by atomic mass is 10.0. The van der Waals surface area contributed by atoms with Gasteiger partial charge in [0.2, 0.25) is 0 Å². The molecule has 7 heteroatoms. The molecule has 3 rings (SSSR count). The number of carbonyl (C=O) groups is 1. The molecular weight excluding hydrogens is 387 g/mol. The van der Waals surface area contributed by atoms with Gasteiger partial charge in [-0.15, -0.1) is 11.3 Å². The zero-order valence-electron chi connectivity index (χ0n) is 15.3. The van der Waals surface area contributed by atoms with Gasteiger partial charge in [-0.05, 0) is 29.7 Å². The van der Waals surface area contributed by atoms with Gasteiger partial charge in [0.05, 0.1) is 16.8 Å². The van der Waals surface area contributed by atoms with Gasteiger partial charge in [0.15, 0.2) is 0 Å². The zero-order chi connectivity index (χ0) is 20.3. The minimum atomic E-state index is -4.51. The molecule has 0 amide bonds. The van der Waals surface area contributed by atoms with E-state index in [0.29, 0.717) is 11.6 Å². The van der Waals surface area contributed by atoms with Crippen molar-refractivity contribution in [3.8, 4) is 10.6 Å². The normalized spacial score (nSPS) is 11.6. The van der Waals surface area contributed by atoms with Gasteiger partial charge in [-0.2, -0.15) is 13.2 Å². The van der Waals surface area contributed by atoms with Crippen molar-refractivity contribution in [3.05, 3.63) is 76.3 Å². The highest BCUT2D eigenvalue weighted by Crippen LogP contribution is 2.30. The Morgan fingerprint density at radius 3 is 2.50 bits per heavy atom. The van der Waals surface area contributed by atoms with Gasteiger partial charge in [0.1, 0.15) is 11.6 Å². The van der Waals surface area contributed by atoms with Crippen LogP contribution in [0, 0.1) is 0 Å². The summed E-state index contributed by atoms with van der Waals surface area (Å²) in [5.41, 5.74) is 1.71. The number of aromatic nitrogens is 1. The van der Waals surface area contributed by atoms with Crippen LogP contribution in [0.2, 0.25) is 0 Å². The SMILES string of the molecule is CC(C)c1ccc(-c2nc(COC(=O)c3cccc(C(F)(F)F)c3)cs2)cc1. The van der Waals surface area contributed by atoms with E-state index in [1.807, 2.05) is 12.1 Å². The highest BCUT2D eigenvalue weighted by Gasteiger charge is 2.31. The molecule has 3 nitrogen and oxygen atoms in total. The van der Waals surface area contributed by atoms with E-state index in [1.54, 1.807) is 5.38 Å². The van der Waals surface area contributed by atoms with E-state index in [1.165, 1.54) is 29.0 Å². The van der Waals surface area contributed by atoms with Gasteiger partial charge >= 0.3 is 12.1 Å². The molecule has 0 unspecified atom stereocenters. The third-order valence-electron chi connectivity index (χ3n) is 4.15. The number of halogens is 3. The van der Waals surface area contributed by atoms with Crippen molar-refractivity contribution >= 4 is 17.3 Å².